The van der Waals surface area contributed by atoms with Crippen LogP contribution in [0.1, 0.15) is 30.6 Å². The number of carboxylic acid groups (broad SMARTS) is 1. The molecule has 24 heavy (non-hydrogen) atoms. The predicted molar refractivity (Wildman–Crippen MR) is 84.6 cm³/mol. The molecule has 1 amide bonds. The summed E-state index contributed by atoms with van der Waals surface area (Å²) in [6.07, 6.45) is 0.586. The molecule has 0 bridgehead atoms. The van der Waals surface area contributed by atoms with Crippen LogP contribution >= 0.6 is 0 Å². The van der Waals surface area contributed by atoms with Crippen molar-refractivity contribution in [3.05, 3.63) is 33.9 Å². The summed E-state index contributed by atoms with van der Waals surface area (Å²) in [4.78, 5) is 34.3. The van der Waals surface area contributed by atoms with Gasteiger partial charge in [0.2, 0.25) is 0 Å². The number of sulfone groups is 1. The van der Waals surface area contributed by atoms with E-state index >= 15 is 0 Å². The Balaban J connectivity index is 3.36. The number of hydrogen-bond acceptors (Lipinski definition) is 6. The average molecular weight is 358 g/mol. The summed E-state index contributed by atoms with van der Waals surface area (Å²) in [6.45, 7) is 3.23. The number of amides is 1. The molecule has 0 spiro atoms. The second kappa shape index (κ2) is 7.39. The van der Waals surface area contributed by atoms with Crippen LogP contribution in [0.15, 0.2) is 23.1 Å². The molecule has 9 nitrogen and oxygen atoms in total. The Bertz CT molecular complexity index is 771. The third kappa shape index (κ3) is 5.01. The molecule has 0 aliphatic rings. The Morgan fingerprint density at radius 1 is 1.29 bits per heavy atom. The van der Waals surface area contributed by atoms with Crippen molar-refractivity contribution in [3.63, 3.8) is 0 Å². The largest absolute Gasteiger partial charge is 0.481 e. The van der Waals surface area contributed by atoms with Crippen LogP contribution in [0.5, 0.6) is 0 Å². The standard InChI is InChI=1S/C14H18N2O7S/c1-9(2)15(5-4-13(17)18)14(19)10-6-11(16(20)21)8-12(7-10)24(3,22)23/h6-9H,4-5H2,1-3H3,(H,17,18). The molecule has 0 atom stereocenters. The van der Waals surface area contributed by atoms with Crippen LogP contribution in [0, 0.1) is 10.1 Å². The number of carbonyl (C=O) groups is 2. The monoisotopic (exact) mass is 358 g/mol. The minimum Gasteiger partial charge on any atom is -0.481 e. The number of nitro benzene ring substituents is 1. The third-order valence-corrected chi connectivity index (χ3v) is 4.32. The first kappa shape index (κ1) is 19.6. The van der Waals surface area contributed by atoms with E-state index in [0.717, 1.165) is 24.5 Å². The van der Waals surface area contributed by atoms with Gasteiger partial charge in [0.1, 0.15) is 0 Å². The number of carbonyl (C=O) groups excluding carboxylic acids is 1. The zero-order valence-corrected chi connectivity index (χ0v) is 14.2. The van der Waals surface area contributed by atoms with Gasteiger partial charge in [0.25, 0.3) is 11.6 Å². The summed E-state index contributed by atoms with van der Waals surface area (Å²) in [5.41, 5.74) is -0.702. The van der Waals surface area contributed by atoms with Crippen molar-refractivity contribution in [2.75, 3.05) is 12.8 Å². The molecule has 0 aliphatic carbocycles. The van der Waals surface area contributed by atoms with Gasteiger partial charge < -0.3 is 10.0 Å². The summed E-state index contributed by atoms with van der Waals surface area (Å²) in [5.74, 6) is -1.76. The summed E-state index contributed by atoms with van der Waals surface area (Å²) >= 11 is 0. The zero-order chi connectivity index (χ0) is 18.7. The number of nitrogens with zero attached hydrogens (tertiary/aromatic N) is 2. The Morgan fingerprint density at radius 3 is 2.29 bits per heavy atom. The van der Waals surface area contributed by atoms with E-state index in [4.69, 9.17) is 5.11 Å². The number of carboxylic acids is 1. The minimum atomic E-state index is -3.76. The van der Waals surface area contributed by atoms with Gasteiger partial charge in [-0.15, -0.1) is 0 Å². The van der Waals surface area contributed by atoms with Gasteiger partial charge in [-0.1, -0.05) is 0 Å². The molecule has 0 aromatic heterocycles. The van der Waals surface area contributed by atoms with Crippen LogP contribution in [-0.4, -0.2) is 54.1 Å². The fraction of sp³-hybridized carbons (Fsp3) is 0.429. The lowest BCUT2D eigenvalue weighted by Crippen LogP contribution is -2.38. The molecule has 1 aromatic rings. The predicted octanol–water partition coefficient (Wildman–Crippen LogP) is 1.32. The number of rotatable bonds is 7. The van der Waals surface area contributed by atoms with Gasteiger partial charge in [-0.2, -0.15) is 0 Å². The van der Waals surface area contributed by atoms with Gasteiger partial charge in [-0.3, -0.25) is 19.7 Å². The Kier molecular flexibility index (Phi) is 6.02. The van der Waals surface area contributed by atoms with Crippen molar-refractivity contribution in [1.82, 2.24) is 4.90 Å². The van der Waals surface area contributed by atoms with E-state index in [1.807, 2.05) is 0 Å². The van der Waals surface area contributed by atoms with Crippen LogP contribution < -0.4 is 0 Å². The van der Waals surface area contributed by atoms with Crippen molar-refractivity contribution < 1.29 is 28.0 Å². The molecule has 0 saturated heterocycles. The summed E-state index contributed by atoms with van der Waals surface area (Å²) in [7, 11) is -3.76. The first-order chi connectivity index (χ1) is 10.9. The molecule has 0 heterocycles. The van der Waals surface area contributed by atoms with Gasteiger partial charge in [0.15, 0.2) is 9.84 Å². The maximum atomic E-state index is 12.6. The van der Waals surface area contributed by atoms with Crippen LogP contribution in [-0.2, 0) is 14.6 Å². The van der Waals surface area contributed by atoms with Crippen molar-refractivity contribution >= 4 is 27.4 Å². The molecule has 0 fully saturated rings. The van der Waals surface area contributed by atoms with E-state index in [0.29, 0.717) is 0 Å². The van der Waals surface area contributed by atoms with Crippen molar-refractivity contribution in [1.29, 1.82) is 0 Å². The first-order valence-corrected chi connectivity index (χ1v) is 8.85. The summed E-state index contributed by atoms with van der Waals surface area (Å²) < 4.78 is 23.4. The Morgan fingerprint density at radius 2 is 1.88 bits per heavy atom. The summed E-state index contributed by atoms with van der Waals surface area (Å²) in [6, 6.07) is 2.55. The Labute approximate surface area is 139 Å². The van der Waals surface area contributed by atoms with Gasteiger partial charge in [-0.05, 0) is 19.9 Å². The fourth-order valence-electron chi connectivity index (χ4n) is 2.00. The van der Waals surface area contributed by atoms with E-state index in [1.165, 1.54) is 4.90 Å². The summed E-state index contributed by atoms with van der Waals surface area (Å²) in [5, 5.41) is 19.7. The quantitative estimate of drug-likeness (QED) is 0.573. The number of hydrogen-bond donors (Lipinski definition) is 1. The molecule has 0 saturated carbocycles. The van der Waals surface area contributed by atoms with Gasteiger partial charge >= 0.3 is 5.97 Å². The highest BCUT2D eigenvalue weighted by molar-refractivity contribution is 7.90. The normalized spacial score (nSPS) is 11.3. The molecule has 132 valence electrons. The minimum absolute atomic E-state index is 0.0945. The molecule has 0 aliphatic heterocycles. The van der Waals surface area contributed by atoms with E-state index in [-0.39, 0.29) is 29.5 Å². The van der Waals surface area contributed by atoms with Crippen molar-refractivity contribution in [2.45, 2.75) is 31.2 Å². The SMILES string of the molecule is CC(C)N(CCC(=O)O)C(=O)c1cc([N+](=O)[O-])cc(S(C)(=O)=O)c1. The van der Waals surface area contributed by atoms with Crippen molar-refractivity contribution in [3.8, 4) is 0 Å². The number of non-ortho nitro benzene ring substituents is 1. The highest BCUT2D eigenvalue weighted by Crippen LogP contribution is 2.22. The molecule has 1 aromatic carbocycles. The lowest BCUT2D eigenvalue weighted by atomic mass is 10.1. The van der Waals surface area contributed by atoms with Crippen LogP contribution in [0.2, 0.25) is 0 Å². The third-order valence-electron chi connectivity index (χ3n) is 3.23. The van der Waals surface area contributed by atoms with Gasteiger partial charge in [0.05, 0.1) is 16.2 Å². The van der Waals surface area contributed by atoms with Crippen molar-refractivity contribution in [2.24, 2.45) is 0 Å². The zero-order valence-electron chi connectivity index (χ0n) is 13.4. The Hall–Kier alpha value is -2.49. The topological polar surface area (TPSA) is 135 Å². The van der Waals surface area contributed by atoms with E-state index in [9.17, 15) is 28.1 Å². The number of benzene rings is 1. The van der Waals surface area contributed by atoms with Crippen LogP contribution in [0.4, 0.5) is 5.69 Å². The molecule has 0 unspecified atom stereocenters. The van der Waals surface area contributed by atoms with E-state index < -0.39 is 32.3 Å². The molecule has 1 N–H and O–H groups in total. The molecular weight excluding hydrogens is 340 g/mol. The highest BCUT2D eigenvalue weighted by Gasteiger charge is 2.24. The van der Waals surface area contributed by atoms with Gasteiger partial charge in [-0.25, -0.2) is 8.42 Å². The first-order valence-electron chi connectivity index (χ1n) is 6.95. The van der Waals surface area contributed by atoms with E-state index in [1.54, 1.807) is 13.8 Å². The smallest absolute Gasteiger partial charge is 0.305 e. The average Bonchev–Trinajstić information content (AvgIpc) is 2.45. The molecule has 1 rings (SSSR count). The van der Waals surface area contributed by atoms with Crippen LogP contribution in [0.25, 0.3) is 0 Å². The van der Waals surface area contributed by atoms with Crippen LogP contribution in [0.3, 0.4) is 0 Å². The lowest BCUT2D eigenvalue weighted by Gasteiger charge is -2.26. The second-order valence-corrected chi connectivity index (χ2v) is 7.50. The highest BCUT2D eigenvalue weighted by atomic mass is 32.2. The fourth-order valence-corrected chi connectivity index (χ4v) is 2.68. The maximum Gasteiger partial charge on any atom is 0.305 e. The molecule has 0 radical (unpaired) electrons. The second-order valence-electron chi connectivity index (χ2n) is 5.48. The lowest BCUT2D eigenvalue weighted by molar-refractivity contribution is -0.385. The van der Waals surface area contributed by atoms with Gasteiger partial charge in [0, 0.05) is 36.5 Å². The number of aliphatic carboxylic acids is 1. The molecule has 10 heteroatoms. The maximum absolute atomic E-state index is 12.6. The number of nitro groups is 1. The molecular formula is C14H18N2O7S. The van der Waals surface area contributed by atoms with E-state index in [2.05, 4.69) is 0 Å².